The Morgan fingerprint density at radius 2 is 1.91 bits per heavy atom. The standard InChI is InChI=1S/C23H30N2.C6H12OS/c1-5-7-14-23(25-6-2)22(16-19-11-9-12-20(24)15-19)21-13-8-10-17(3)18(21)4;8-5-6-1-3-7-4-2-6/h6,8-15,22H,5,7,16,24H2,1-4H3;6,8H,1-5H2/b23-14-,25-6?;. The van der Waals surface area contributed by atoms with E-state index in [-0.39, 0.29) is 5.92 Å². The molecule has 4 heteroatoms. The summed E-state index contributed by atoms with van der Waals surface area (Å²) in [5.41, 5.74) is 13.2. The number of thiol groups is 1. The molecule has 1 saturated heterocycles. The number of nitrogens with zero attached hydrogens (tertiary/aromatic N) is 1. The molecular weight excluding hydrogens is 424 g/mol. The normalized spacial score (nSPS) is 15.8. The van der Waals surface area contributed by atoms with Gasteiger partial charge in [0.05, 0.1) is 0 Å². The minimum atomic E-state index is 0.240. The third kappa shape index (κ3) is 9.02. The Morgan fingerprint density at radius 3 is 2.52 bits per heavy atom. The summed E-state index contributed by atoms with van der Waals surface area (Å²) < 4.78 is 5.17. The van der Waals surface area contributed by atoms with E-state index in [1.165, 1.54) is 35.1 Å². The molecular formula is C29H42N2OS. The lowest BCUT2D eigenvalue weighted by molar-refractivity contribution is 0.0729. The monoisotopic (exact) mass is 466 g/mol. The second-order valence-electron chi connectivity index (χ2n) is 8.83. The van der Waals surface area contributed by atoms with Crippen molar-refractivity contribution >= 4 is 24.5 Å². The van der Waals surface area contributed by atoms with Gasteiger partial charge in [-0.3, -0.25) is 4.99 Å². The number of allylic oxidation sites excluding steroid dienone is 2. The van der Waals surface area contributed by atoms with Gasteiger partial charge in [0.25, 0.3) is 0 Å². The molecule has 1 heterocycles. The molecule has 180 valence electrons. The molecule has 0 saturated carbocycles. The third-order valence-corrected chi connectivity index (χ3v) is 6.81. The van der Waals surface area contributed by atoms with Crippen molar-refractivity contribution in [1.82, 2.24) is 0 Å². The Hall–Kier alpha value is -2.04. The zero-order valence-corrected chi connectivity index (χ0v) is 21.8. The first-order valence-corrected chi connectivity index (χ1v) is 12.9. The van der Waals surface area contributed by atoms with Crippen LogP contribution < -0.4 is 5.73 Å². The van der Waals surface area contributed by atoms with Crippen molar-refractivity contribution in [2.24, 2.45) is 10.9 Å². The molecule has 2 N–H and O–H groups in total. The highest BCUT2D eigenvalue weighted by Gasteiger charge is 2.19. The number of anilines is 1. The molecule has 1 fully saturated rings. The lowest BCUT2D eigenvalue weighted by atomic mass is 9.85. The second-order valence-corrected chi connectivity index (χ2v) is 9.20. The van der Waals surface area contributed by atoms with Gasteiger partial charge >= 0.3 is 0 Å². The fraction of sp³-hybridized carbons (Fsp3) is 0.483. The van der Waals surface area contributed by atoms with Crippen LogP contribution in [0.5, 0.6) is 0 Å². The number of hydrogen-bond acceptors (Lipinski definition) is 4. The molecule has 0 radical (unpaired) electrons. The van der Waals surface area contributed by atoms with Crippen LogP contribution in [0.1, 0.15) is 67.7 Å². The van der Waals surface area contributed by atoms with Crippen molar-refractivity contribution in [3.63, 3.8) is 0 Å². The molecule has 2 aromatic rings. The largest absolute Gasteiger partial charge is 0.399 e. The van der Waals surface area contributed by atoms with E-state index in [9.17, 15) is 0 Å². The summed E-state index contributed by atoms with van der Waals surface area (Å²) in [6.45, 7) is 10.5. The van der Waals surface area contributed by atoms with Gasteiger partial charge in [0.15, 0.2) is 0 Å². The quantitative estimate of drug-likeness (QED) is 0.243. The fourth-order valence-corrected chi connectivity index (χ4v) is 4.50. The summed E-state index contributed by atoms with van der Waals surface area (Å²) >= 11 is 4.21. The minimum absolute atomic E-state index is 0.240. The van der Waals surface area contributed by atoms with E-state index in [1.807, 2.05) is 25.3 Å². The van der Waals surface area contributed by atoms with E-state index in [1.54, 1.807) is 0 Å². The van der Waals surface area contributed by atoms with Gasteiger partial charge in [-0.15, -0.1) is 0 Å². The van der Waals surface area contributed by atoms with Crippen molar-refractivity contribution in [1.29, 1.82) is 0 Å². The molecule has 3 nitrogen and oxygen atoms in total. The van der Waals surface area contributed by atoms with E-state index in [0.29, 0.717) is 0 Å². The van der Waals surface area contributed by atoms with Gasteiger partial charge < -0.3 is 10.5 Å². The van der Waals surface area contributed by atoms with Gasteiger partial charge in [-0.25, -0.2) is 0 Å². The number of hydrogen-bond donors (Lipinski definition) is 2. The molecule has 2 aromatic carbocycles. The molecule has 3 rings (SSSR count). The van der Waals surface area contributed by atoms with E-state index >= 15 is 0 Å². The SMILES string of the molecule is CC=N/C(=C\CCC)C(Cc1cccc(N)c1)c1cccc(C)c1C.SCC1CCOCC1. The third-order valence-electron chi connectivity index (χ3n) is 6.29. The molecule has 0 aromatic heterocycles. The Bertz CT molecular complexity index is 900. The maximum absolute atomic E-state index is 6.00. The molecule has 0 aliphatic carbocycles. The van der Waals surface area contributed by atoms with Gasteiger partial charge in [0, 0.05) is 36.7 Å². The molecule has 1 unspecified atom stereocenters. The summed E-state index contributed by atoms with van der Waals surface area (Å²) in [7, 11) is 0. The summed E-state index contributed by atoms with van der Waals surface area (Å²) in [6.07, 6.45) is 9.69. The van der Waals surface area contributed by atoms with Crippen molar-refractivity contribution < 1.29 is 4.74 Å². The van der Waals surface area contributed by atoms with Crippen LogP contribution in [-0.2, 0) is 11.2 Å². The van der Waals surface area contributed by atoms with Crippen LogP contribution in [0.15, 0.2) is 59.2 Å². The van der Waals surface area contributed by atoms with Crippen molar-refractivity contribution in [2.45, 2.75) is 65.7 Å². The highest BCUT2D eigenvalue weighted by Crippen LogP contribution is 2.33. The average Bonchev–Trinajstić information content (AvgIpc) is 2.83. The molecule has 0 spiro atoms. The van der Waals surface area contributed by atoms with E-state index < -0.39 is 0 Å². The highest BCUT2D eigenvalue weighted by atomic mass is 32.1. The van der Waals surface area contributed by atoms with Gasteiger partial charge in [0.1, 0.15) is 0 Å². The van der Waals surface area contributed by atoms with Crippen LogP contribution in [0.25, 0.3) is 0 Å². The Kier molecular flexibility index (Phi) is 12.3. The predicted molar refractivity (Wildman–Crippen MR) is 148 cm³/mol. The summed E-state index contributed by atoms with van der Waals surface area (Å²) in [5.74, 6) is 2.10. The van der Waals surface area contributed by atoms with Crippen LogP contribution >= 0.6 is 12.6 Å². The summed E-state index contributed by atoms with van der Waals surface area (Å²) in [6, 6.07) is 14.8. The zero-order chi connectivity index (χ0) is 24.1. The number of nitrogen functional groups attached to an aromatic ring is 1. The topological polar surface area (TPSA) is 47.6 Å². The predicted octanol–water partition coefficient (Wildman–Crippen LogP) is 7.33. The van der Waals surface area contributed by atoms with Crippen molar-refractivity contribution in [3.05, 3.63) is 76.5 Å². The van der Waals surface area contributed by atoms with Crippen LogP contribution in [0, 0.1) is 19.8 Å². The first kappa shape index (κ1) is 27.2. The highest BCUT2D eigenvalue weighted by molar-refractivity contribution is 7.80. The first-order chi connectivity index (χ1) is 16.0. The molecule has 0 amide bonds. The maximum atomic E-state index is 6.00. The van der Waals surface area contributed by atoms with Gasteiger partial charge in [0.2, 0.25) is 0 Å². The number of unbranched alkanes of at least 4 members (excludes halogenated alkanes) is 1. The number of benzene rings is 2. The minimum Gasteiger partial charge on any atom is -0.399 e. The van der Waals surface area contributed by atoms with Crippen LogP contribution in [0.4, 0.5) is 5.69 Å². The molecule has 1 aliphatic rings. The van der Waals surface area contributed by atoms with E-state index in [2.05, 4.69) is 69.8 Å². The Morgan fingerprint density at radius 1 is 1.18 bits per heavy atom. The van der Waals surface area contributed by atoms with Gasteiger partial charge in [-0.05, 0) is 92.5 Å². The maximum Gasteiger partial charge on any atom is 0.0468 e. The summed E-state index contributed by atoms with van der Waals surface area (Å²) in [4.78, 5) is 4.73. The van der Waals surface area contributed by atoms with Crippen LogP contribution in [0.2, 0.25) is 0 Å². The van der Waals surface area contributed by atoms with Crippen LogP contribution in [-0.4, -0.2) is 25.2 Å². The Labute approximate surface area is 207 Å². The lowest BCUT2D eigenvalue weighted by Crippen LogP contribution is -2.16. The van der Waals surface area contributed by atoms with E-state index in [4.69, 9.17) is 15.5 Å². The first-order valence-electron chi connectivity index (χ1n) is 12.3. The van der Waals surface area contributed by atoms with Gasteiger partial charge in [-0.2, -0.15) is 12.6 Å². The number of ether oxygens (including phenoxy) is 1. The zero-order valence-electron chi connectivity index (χ0n) is 20.9. The number of aliphatic imine (C=N–C) groups is 1. The van der Waals surface area contributed by atoms with Crippen molar-refractivity contribution in [2.75, 3.05) is 24.7 Å². The van der Waals surface area contributed by atoms with Crippen molar-refractivity contribution in [3.8, 4) is 0 Å². The number of rotatable bonds is 8. The van der Waals surface area contributed by atoms with Gasteiger partial charge in [-0.1, -0.05) is 49.8 Å². The molecule has 1 aliphatic heterocycles. The average molecular weight is 467 g/mol. The lowest BCUT2D eigenvalue weighted by Gasteiger charge is -2.22. The molecule has 1 atom stereocenters. The smallest absolute Gasteiger partial charge is 0.0468 e. The number of aryl methyl sites for hydroxylation is 1. The second kappa shape index (κ2) is 15.0. The number of nitrogens with two attached hydrogens (primary N) is 1. The molecule has 33 heavy (non-hydrogen) atoms. The van der Waals surface area contributed by atoms with E-state index in [0.717, 1.165) is 55.5 Å². The fourth-order valence-electron chi connectivity index (χ4n) is 4.14. The molecule has 0 bridgehead atoms. The Balaban J connectivity index is 0.000000405. The van der Waals surface area contributed by atoms with Crippen LogP contribution in [0.3, 0.4) is 0 Å². The summed E-state index contributed by atoms with van der Waals surface area (Å²) in [5, 5.41) is 0.